The molecule has 0 aromatic carbocycles. The van der Waals surface area contributed by atoms with Gasteiger partial charge in [0.2, 0.25) is 0 Å². The minimum absolute atomic E-state index is 0.304. The van der Waals surface area contributed by atoms with Crippen molar-refractivity contribution < 1.29 is 9.52 Å². The smallest absolute Gasteiger partial charge is 0.138 e. The number of hydrogen-bond acceptors (Lipinski definition) is 3. The maximum atomic E-state index is 9.99. The molecule has 1 aromatic rings. The summed E-state index contributed by atoms with van der Waals surface area (Å²) in [5, 5.41) is 9.99. The summed E-state index contributed by atoms with van der Waals surface area (Å²) in [5.74, 6) is 0.795. The Bertz CT molecular complexity index is 320. The van der Waals surface area contributed by atoms with Gasteiger partial charge in [-0.15, -0.1) is 0 Å². The molecule has 2 aliphatic rings. The number of hydrogen-bond donors (Lipinski definition) is 1. The molecule has 1 fully saturated rings. The molecule has 13 heavy (non-hydrogen) atoms. The van der Waals surface area contributed by atoms with Crippen LogP contribution in [0.4, 0.5) is 0 Å². The number of fused-ring (bicyclic) bond motifs is 2. The van der Waals surface area contributed by atoms with Gasteiger partial charge in [0.15, 0.2) is 0 Å². The summed E-state index contributed by atoms with van der Waals surface area (Å²) in [5.41, 5.74) is 1.16. The van der Waals surface area contributed by atoms with E-state index in [1.807, 2.05) is 6.07 Å². The maximum absolute atomic E-state index is 9.99. The Morgan fingerprint density at radius 1 is 1.54 bits per heavy atom. The zero-order chi connectivity index (χ0) is 8.84. The van der Waals surface area contributed by atoms with Crippen LogP contribution >= 0.6 is 0 Å². The lowest BCUT2D eigenvalue weighted by molar-refractivity contribution is 0.0359. The molecule has 70 valence electrons. The largest absolute Gasteiger partial charge is 0.466 e. The van der Waals surface area contributed by atoms with Gasteiger partial charge in [-0.3, -0.25) is 4.90 Å². The average Bonchev–Trinajstić information content (AvgIpc) is 2.71. The van der Waals surface area contributed by atoms with Gasteiger partial charge in [0.25, 0.3) is 0 Å². The molecule has 0 amide bonds. The fraction of sp³-hybridized carbons (Fsp3) is 0.600. The Balaban J connectivity index is 2.02. The van der Waals surface area contributed by atoms with Crippen LogP contribution < -0.4 is 0 Å². The van der Waals surface area contributed by atoms with E-state index in [9.17, 15) is 5.11 Å². The molecule has 1 saturated heterocycles. The van der Waals surface area contributed by atoms with Gasteiger partial charge < -0.3 is 9.52 Å². The van der Waals surface area contributed by atoms with Crippen molar-refractivity contribution in [3.05, 3.63) is 23.7 Å². The van der Waals surface area contributed by atoms with Crippen molar-refractivity contribution in [1.29, 1.82) is 0 Å². The molecular weight excluding hydrogens is 166 g/mol. The molecule has 0 saturated carbocycles. The highest BCUT2D eigenvalue weighted by atomic mass is 16.4. The Labute approximate surface area is 77.0 Å². The first-order valence-corrected chi connectivity index (χ1v) is 4.84. The van der Waals surface area contributed by atoms with E-state index in [-0.39, 0.29) is 0 Å². The summed E-state index contributed by atoms with van der Waals surface area (Å²) >= 11 is 0. The molecule has 2 atom stereocenters. The molecule has 0 aliphatic carbocycles. The lowest BCUT2D eigenvalue weighted by Gasteiger charge is -2.32. The summed E-state index contributed by atoms with van der Waals surface area (Å²) < 4.78 is 5.30. The van der Waals surface area contributed by atoms with Gasteiger partial charge in [-0.2, -0.15) is 0 Å². The Kier molecular flexibility index (Phi) is 1.51. The number of nitrogens with zero attached hydrogens (tertiary/aromatic N) is 1. The summed E-state index contributed by atoms with van der Waals surface area (Å²) in [7, 11) is 0. The minimum Gasteiger partial charge on any atom is -0.466 e. The number of aliphatic hydroxyl groups is 1. The third kappa shape index (κ3) is 0.974. The average molecular weight is 179 g/mol. The summed E-state index contributed by atoms with van der Waals surface area (Å²) in [6.07, 6.45) is 3.57. The molecule has 0 radical (unpaired) electrons. The highest BCUT2D eigenvalue weighted by Gasteiger charge is 2.38. The third-order valence-electron chi connectivity index (χ3n) is 3.20. The molecular formula is C10H13NO2. The van der Waals surface area contributed by atoms with E-state index >= 15 is 0 Å². The topological polar surface area (TPSA) is 36.6 Å². The molecule has 3 nitrogen and oxygen atoms in total. The van der Waals surface area contributed by atoms with Crippen LogP contribution in [-0.4, -0.2) is 22.6 Å². The van der Waals surface area contributed by atoms with E-state index in [0.717, 1.165) is 30.8 Å². The van der Waals surface area contributed by atoms with Gasteiger partial charge in [0, 0.05) is 18.2 Å². The third-order valence-corrected chi connectivity index (χ3v) is 3.20. The number of furan rings is 1. The summed E-state index contributed by atoms with van der Waals surface area (Å²) in [6, 6.07) is 2.27. The quantitative estimate of drug-likeness (QED) is 0.652. The highest BCUT2D eigenvalue weighted by Crippen LogP contribution is 2.37. The first-order valence-electron chi connectivity index (χ1n) is 4.84. The van der Waals surface area contributed by atoms with Crippen molar-refractivity contribution >= 4 is 0 Å². The van der Waals surface area contributed by atoms with Gasteiger partial charge in [-0.25, -0.2) is 0 Å². The van der Waals surface area contributed by atoms with Crippen molar-refractivity contribution in [2.24, 2.45) is 0 Å². The fourth-order valence-electron chi connectivity index (χ4n) is 2.54. The molecule has 2 aliphatic heterocycles. The summed E-state index contributed by atoms with van der Waals surface area (Å²) in [4.78, 5) is 2.35. The monoisotopic (exact) mass is 179 g/mol. The first-order chi connectivity index (χ1) is 6.36. The fourth-order valence-corrected chi connectivity index (χ4v) is 2.54. The molecule has 3 rings (SSSR count). The SMILES string of the molecule is O[C@@H]1c2occc2CN2CCC[C@@H]12. The highest BCUT2D eigenvalue weighted by molar-refractivity contribution is 5.24. The van der Waals surface area contributed by atoms with E-state index < -0.39 is 6.10 Å². The van der Waals surface area contributed by atoms with Crippen LogP contribution in [0.25, 0.3) is 0 Å². The van der Waals surface area contributed by atoms with Gasteiger partial charge >= 0.3 is 0 Å². The molecule has 0 bridgehead atoms. The normalized spacial score (nSPS) is 33.0. The van der Waals surface area contributed by atoms with Crippen LogP contribution in [0.5, 0.6) is 0 Å². The van der Waals surface area contributed by atoms with Gasteiger partial charge in [-0.1, -0.05) is 0 Å². The van der Waals surface area contributed by atoms with E-state index in [2.05, 4.69) is 4.90 Å². The Hall–Kier alpha value is -0.800. The predicted molar refractivity (Wildman–Crippen MR) is 47.1 cm³/mol. The van der Waals surface area contributed by atoms with Crippen LogP contribution in [0.15, 0.2) is 16.7 Å². The second-order valence-electron chi connectivity index (χ2n) is 3.93. The molecule has 1 aromatic heterocycles. The zero-order valence-electron chi connectivity index (χ0n) is 7.44. The van der Waals surface area contributed by atoms with E-state index in [1.54, 1.807) is 6.26 Å². The van der Waals surface area contributed by atoms with Gasteiger partial charge in [0.05, 0.1) is 6.26 Å². The van der Waals surface area contributed by atoms with E-state index in [0.29, 0.717) is 6.04 Å². The van der Waals surface area contributed by atoms with Crippen molar-refractivity contribution in [2.75, 3.05) is 6.54 Å². The van der Waals surface area contributed by atoms with E-state index in [4.69, 9.17) is 4.42 Å². The lowest BCUT2D eigenvalue weighted by atomic mass is 9.99. The molecule has 3 heterocycles. The van der Waals surface area contributed by atoms with Crippen LogP contribution in [0.3, 0.4) is 0 Å². The lowest BCUT2D eigenvalue weighted by Crippen LogP contribution is -2.38. The van der Waals surface area contributed by atoms with Crippen LogP contribution in [0, 0.1) is 0 Å². The van der Waals surface area contributed by atoms with Crippen LogP contribution in [0.1, 0.15) is 30.3 Å². The summed E-state index contributed by atoms with van der Waals surface area (Å²) in [6.45, 7) is 2.07. The van der Waals surface area contributed by atoms with Gasteiger partial charge in [0.1, 0.15) is 11.9 Å². The van der Waals surface area contributed by atoms with Crippen LogP contribution in [-0.2, 0) is 6.54 Å². The number of rotatable bonds is 0. The molecule has 3 heteroatoms. The van der Waals surface area contributed by atoms with Crippen LogP contribution in [0.2, 0.25) is 0 Å². The van der Waals surface area contributed by atoms with Crippen molar-refractivity contribution in [3.63, 3.8) is 0 Å². The maximum Gasteiger partial charge on any atom is 0.138 e. The second kappa shape index (κ2) is 2.59. The Morgan fingerprint density at radius 3 is 3.38 bits per heavy atom. The number of aliphatic hydroxyl groups excluding tert-OH is 1. The van der Waals surface area contributed by atoms with Crippen molar-refractivity contribution in [3.8, 4) is 0 Å². The predicted octanol–water partition coefficient (Wildman–Crippen LogP) is 1.29. The first kappa shape index (κ1) is 7.59. The second-order valence-corrected chi connectivity index (χ2v) is 3.93. The molecule has 1 N–H and O–H groups in total. The minimum atomic E-state index is -0.402. The molecule has 0 spiro atoms. The van der Waals surface area contributed by atoms with Crippen molar-refractivity contribution in [2.45, 2.75) is 31.5 Å². The standard InChI is InChI=1S/C10H13NO2/c12-9-8-2-1-4-11(8)6-7-3-5-13-10(7)9/h3,5,8-9,12H,1-2,4,6H2/t8-,9-/m0/s1. The zero-order valence-corrected chi connectivity index (χ0v) is 7.44. The van der Waals surface area contributed by atoms with E-state index in [1.165, 1.54) is 6.42 Å². The van der Waals surface area contributed by atoms with Crippen molar-refractivity contribution in [1.82, 2.24) is 4.90 Å². The molecule has 0 unspecified atom stereocenters. The van der Waals surface area contributed by atoms with Gasteiger partial charge in [-0.05, 0) is 25.5 Å². The Morgan fingerprint density at radius 2 is 2.46 bits per heavy atom.